The van der Waals surface area contributed by atoms with Gasteiger partial charge in [0.15, 0.2) is 0 Å². The SMILES string of the molecule is O=C(c1ccccc1S(=O)(=O)O)n1ncc2cc([N+](=O)[O-])ccc21. The second kappa shape index (κ2) is 5.51. The summed E-state index contributed by atoms with van der Waals surface area (Å²) in [6.07, 6.45) is 1.26. The van der Waals surface area contributed by atoms with Gasteiger partial charge in [-0.25, -0.2) is 0 Å². The summed E-state index contributed by atoms with van der Waals surface area (Å²) < 4.78 is 33.0. The maximum Gasteiger partial charge on any atom is 0.295 e. The third-order valence-corrected chi connectivity index (χ3v) is 4.26. The smallest absolute Gasteiger partial charge is 0.282 e. The van der Waals surface area contributed by atoms with Gasteiger partial charge >= 0.3 is 0 Å². The predicted octanol–water partition coefficient (Wildman–Crippen LogP) is 1.88. The van der Waals surface area contributed by atoms with Crippen LogP contribution in [0.2, 0.25) is 0 Å². The second-order valence-corrected chi connectivity index (χ2v) is 6.22. The molecule has 0 fully saturated rings. The van der Waals surface area contributed by atoms with Gasteiger partial charge in [0.05, 0.1) is 22.2 Å². The number of fused-ring (bicyclic) bond motifs is 1. The van der Waals surface area contributed by atoms with Crippen LogP contribution in [0.4, 0.5) is 5.69 Å². The maximum absolute atomic E-state index is 12.6. The molecule has 0 unspecified atom stereocenters. The van der Waals surface area contributed by atoms with Crippen molar-refractivity contribution in [3.8, 4) is 0 Å². The minimum Gasteiger partial charge on any atom is -0.282 e. The van der Waals surface area contributed by atoms with Gasteiger partial charge in [0.1, 0.15) is 4.90 Å². The number of hydrogen-bond acceptors (Lipinski definition) is 6. The van der Waals surface area contributed by atoms with Crippen LogP contribution >= 0.6 is 0 Å². The molecule has 0 saturated heterocycles. The molecule has 9 nitrogen and oxygen atoms in total. The van der Waals surface area contributed by atoms with Gasteiger partial charge in [0.25, 0.3) is 21.7 Å². The number of non-ortho nitro benzene ring substituents is 1. The number of nitrogens with zero attached hydrogens (tertiary/aromatic N) is 3. The van der Waals surface area contributed by atoms with E-state index < -0.39 is 25.8 Å². The number of hydrogen-bond donors (Lipinski definition) is 1. The summed E-state index contributed by atoms with van der Waals surface area (Å²) in [6, 6.07) is 8.95. The average molecular weight is 347 g/mol. The summed E-state index contributed by atoms with van der Waals surface area (Å²) in [7, 11) is -4.59. The lowest BCUT2D eigenvalue weighted by molar-refractivity contribution is -0.384. The van der Waals surface area contributed by atoms with E-state index in [9.17, 15) is 27.9 Å². The molecule has 2 aromatic carbocycles. The van der Waals surface area contributed by atoms with Gasteiger partial charge in [-0.2, -0.15) is 18.2 Å². The molecule has 122 valence electrons. The molecule has 0 aliphatic rings. The summed E-state index contributed by atoms with van der Waals surface area (Å²) >= 11 is 0. The van der Waals surface area contributed by atoms with Crippen LogP contribution in [0.5, 0.6) is 0 Å². The van der Waals surface area contributed by atoms with Crippen molar-refractivity contribution in [2.24, 2.45) is 0 Å². The number of aromatic nitrogens is 2. The molecule has 24 heavy (non-hydrogen) atoms. The molecular formula is C14H9N3O6S. The number of benzene rings is 2. The zero-order valence-corrected chi connectivity index (χ0v) is 12.7. The Kier molecular flexibility index (Phi) is 3.62. The van der Waals surface area contributed by atoms with Gasteiger partial charge in [-0.05, 0) is 18.2 Å². The van der Waals surface area contributed by atoms with E-state index >= 15 is 0 Å². The fraction of sp³-hybridized carbons (Fsp3) is 0. The van der Waals surface area contributed by atoms with Crippen molar-refractivity contribution in [3.63, 3.8) is 0 Å². The number of carbonyl (C=O) groups is 1. The van der Waals surface area contributed by atoms with Crippen molar-refractivity contribution in [3.05, 3.63) is 64.3 Å². The molecule has 0 aliphatic heterocycles. The van der Waals surface area contributed by atoms with Crippen molar-refractivity contribution in [1.29, 1.82) is 0 Å². The fourth-order valence-corrected chi connectivity index (χ4v) is 2.96. The van der Waals surface area contributed by atoms with Gasteiger partial charge in [-0.3, -0.25) is 19.5 Å². The molecule has 0 spiro atoms. The first kappa shape index (κ1) is 15.8. The highest BCUT2D eigenvalue weighted by molar-refractivity contribution is 7.86. The van der Waals surface area contributed by atoms with E-state index in [1.54, 1.807) is 0 Å². The van der Waals surface area contributed by atoms with E-state index in [4.69, 9.17) is 0 Å². The number of nitro groups is 1. The summed E-state index contributed by atoms with van der Waals surface area (Å²) in [5.74, 6) is -0.785. The first-order valence-corrected chi connectivity index (χ1v) is 7.96. The Hall–Kier alpha value is -3.11. The van der Waals surface area contributed by atoms with Crippen molar-refractivity contribution in [2.45, 2.75) is 4.90 Å². The molecule has 1 aromatic heterocycles. The molecule has 0 saturated carbocycles. The molecule has 1 N–H and O–H groups in total. The van der Waals surface area contributed by atoms with Crippen LogP contribution in [-0.4, -0.2) is 33.6 Å². The number of carbonyl (C=O) groups excluding carboxylic acids is 1. The molecule has 0 radical (unpaired) electrons. The zero-order valence-electron chi connectivity index (χ0n) is 11.9. The van der Waals surface area contributed by atoms with Crippen LogP contribution in [-0.2, 0) is 10.1 Å². The number of rotatable bonds is 3. The second-order valence-electron chi connectivity index (χ2n) is 4.83. The zero-order chi connectivity index (χ0) is 17.5. The van der Waals surface area contributed by atoms with Gasteiger partial charge in [-0.1, -0.05) is 12.1 Å². The van der Waals surface area contributed by atoms with Crippen LogP contribution in [0.15, 0.2) is 53.6 Å². The Labute approximate surface area is 135 Å². The minimum absolute atomic E-state index is 0.159. The van der Waals surface area contributed by atoms with Gasteiger partial charge in [0, 0.05) is 17.5 Å². The Morgan fingerprint density at radius 2 is 1.92 bits per heavy atom. The van der Waals surface area contributed by atoms with Crippen LogP contribution in [0.3, 0.4) is 0 Å². The first-order valence-electron chi connectivity index (χ1n) is 6.52. The first-order chi connectivity index (χ1) is 11.3. The third-order valence-electron chi connectivity index (χ3n) is 3.35. The lowest BCUT2D eigenvalue weighted by Gasteiger charge is -2.06. The normalized spacial score (nSPS) is 11.5. The Balaban J connectivity index is 2.16. The Bertz CT molecular complexity index is 1090. The predicted molar refractivity (Wildman–Crippen MR) is 82.4 cm³/mol. The van der Waals surface area contributed by atoms with E-state index in [2.05, 4.69) is 5.10 Å². The van der Waals surface area contributed by atoms with E-state index in [1.165, 1.54) is 42.6 Å². The lowest BCUT2D eigenvalue weighted by Crippen LogP contribution is -2.17. The molecule has 0 atom stereocenters. The highest BCUT2D eigenvalue weighted by Gasteiger charge is 2.23. The summed E-state index contributed by atoms with van der Waals surface area (Å²) in [5, 5.41) is 15.0. The Morgan fingerprint density at radius 1 is 1.21 bits per heavy atom. The molecular weight excluding hydrogens is 338 g/mol. The van der Waals surface area contributed by atoms with Gasteiger partial charge in [0.2, 0.25) is 0 Å². The largest absolute Gasteiger partial charge is 0.295 e. The lowest BCUT2D eigenvalue weighted by atomic mass is 10.2. The van der Waals surface area contributed by atoms with Gasteiger partial charge in [-0.15, -0.1) is 0 Å². The van der Waals surface area contributed by atoms with E-state index in [-0.39, 0.29) is 16.8 Å². The van der Waals surface area contributed by atoms with E-state index in [0.29, 0.717) is 5.39 Å². The molecule has 3 rings (SSSR count). The van der Waals surface area contributed by atoms with Crippen molar-refractivity contribution in [2.75, 3.05) is 0 Å². The standard InChI is InChI=1S/C14H9N3O6S/c18-14(11-3-1-2-4-13(11)24(21,22)23)16-12-6-5-10(17(19)20)7-9(12)8-15-16/h1-8H,(H,21,22,23). The highest BCUT2D eigenvalue weighted by atomic mass is 32.2. The number of nitro benzene ring substituents is 1. The monoisotopic (exact) mass is 347 g/mol. The van der Waals surface area contributed by atoms with Crippen LogP contribution < -0.4 is 0 Å². The Morgan fingerprint density at radius 3 is 2.58 bits per heavy atom. The fourth-order valence-electron chi connectivity index (χ4n) is 2.28. The maximum atomic E-state index is 12.6. The summed E-state index contributed by atoms with van der Waals surface area (Å²) in [5.41, 5.74) is -0.146. The van der Waals surface area contributed by atoms with Crippen molar-refractivity contribution >= 4 is 32.6 Å². The molecule has 3 aromatic rings. The minimum atomic E-state index is -4.59. The van der Waals surface area contributed by atoms with Gasteiger partial charge < -0.3 is 0 Å². The highest BCUT2D eigenvalue weighted by Crippen LogP contribution is 2.23. The quantitative estimate of drug-likeness (QED) is 0.434. The summed E-state index contributed by atoms with van der Waals surface area (Å²) in [6.45, 7) is 0. The van der Waals surface area contributed by atoms with Crippen molar-refractivity contribution < 1.29 is 22.7 Å². The molecule has 1 heterocycles. The van der Waals surface area contributed by atoms with Crippen LogP contribution in [0.25, 0.3) is 10.9 Å². The van der Waals surface area contributed by atoms with E-state index in [1.807, 2.05) is 0 Å². The van der Waals surface area contributed by atoms with Crippen LogP contribution in [0.1, 0.15) is 10.4 Å². The molecule has 10 heteroatoms. The topological polar surface area (TPSA) is 132 Å². The molecule has 0 aliphatic carbocycles. The third kappa shape index (κ3) is 2.64. The van der Waals surface area contributed by atoms with Crippen molar-refractivity contribution in [1.82, 2.24) is 9.78 Å². The molecule has 0 amide bonds. The average Bonchev–Trinajstić information content (AvgIpc) is 2.96. The van der Waals surface area contributed by atoms with Crippen LogP contribution in [0, 0.1) is 10.1 Å². The van der Waals surface area contributed by atoms with E-state index in [0.717, 1.165) is 10.7 Å². The molecule has 0 bridgehead atoms. The summed E-state index contributed by atoms with van der Waals surface area (Å²) in [4.78, 5) is 22.3.